The lowest BCUT2D eigenvalue weighted by Crippen LogP contribution is -2.11. The van der Waals surface area contributed by atoms with Gasteiger partial charge in [0.1, 0.15) is 0 Å². The predicted octanol–water partition coefficient (Wildman–Crippen LogP) is 4.23. The largest absolute Gasteiger partial charge is 0.294 e. The number of halogens is 1. The quantitative estimate of drug-likeness (QED) is 0.625. The van der Waals surface area contributed by atoms with Crippen molar-refractivity contribution >= 4 is 42.6 Å². The molecule has 0 radical (unpaired) electrons. The Kier molecular flexibility index (Phi) is 4.12. The van der Waals surface area contributed by atoms with Crippen LogP contribution in [-0.2, 0) is 10.0 Å². The number of carbonyl (C=O) groups is 1. The molecular weight excluding hydrogens is 378 g/mol. The molecule has 3 aromatic rings. The van der Waals surface area contributed by atoms with E-state index in [1.807, 2.05) is 0 Å². The van der Waals surface area contributed by atoms with Crippen LogP contribution in [0.4, 0.5) is 0 Å². The normalized spacial score (nSPS) is 11.7. The molecule has 1 aromatic heterocycles. The molecule has 0 aliphatic carbocycles. The van der Waals surface area contributed by atoms with Crippen LogP contribution in [0.3, 0.4) is 0 Å². The summed E-state index contributed by atoms with van der Waals surface area (Å²) in [7, 11) is -3.75. The van der Waals surface area contributed by atoms with E-state index < -0.39 is 10.0 Å². The molecule has 1 heterocycles. The van der Waals surface area contributed by atoms with E-state index in [1.54, 1.807) is 55.5 Å². The molecule has 0 aliphatic rings. The Morgan fingerprint density at radius 2 is 1.83 bits per heavy atom. The van der Waals surface area contributed by atoms with Crippen molar-refractivity contribution in [3.63, 3.8) is 0 Å². The number of benzene rings is 2. The van der Waals surface area contributed by atoms with Gasteiger partial charge in [0.05, 0.1) is 10.4 Å². The van der Waals surface area contributed by atoms with Gasteiger partial charge in [0.15, 0.2) is 5.78 Å². The molecule has 118 valence electrons. The second-order valence-electron chi connectivity index (χ2n) is 5.09. The maximum absolute atomic E-state index is 12.9. The van der Waals surface area contributed by atoms with E-state index in [0.29, 0.717) is 22.9 Å². The van der Waals surface area contributed by atoms with Crippen molar-refractivity contribution in [2.45, 2.75) is 18.2 Å². The van der Waals surface area contributed by atoms with Gasteiger partial charge >= 0.3 is 0 Å². The topological polar surface area (TPSA) is 56.1 Å². The van der Waals surface area contributed by atoms with Crippen molar-refractivity contribution in [2.75, 3.05) is 0 Å². The van der Waals surface area contributed by atoms with Gasteiger partial charge in [-0.2, -0.15) is 0 Å². The van der Waals surface area contributed by atoms with Crippen molar-refractivity contribution in [1.82, 2.24) is 3.97 Å². The summed E-state index contributed by atoms with van der Waals surface area (Å²) in [6.45, 7) is 1.76. The SMILES string of the molecule is CCC(=O)c1cn(S(=O)(=O)c2ccccc2)c2ccc(Br)cc12. The third kappa shape index (κ3) is 2.72. The van der Waals surface area contributed by atoms with Crippen molar-refractivity contribution < 1.29 is 13.2 Å². The lowest BCUT2D eigenvalue weighted by molar-refractivity contribution is 0.0989. The van der Waals surface area contributed by atoms with Crippen LogP contribution in [0.5, 0.6) is 0 Å². The number of fused-ring (bicyclic) bond motifs is 1. The van der Waals surface area contributed by atoms with Crippen LogP contribution in [0.15, 0.2) is 64.1 Å². The van der Waals surface area contributed by atoms with Gasteiger partial charge in [-0.1, -0.05) is 41.1 Å². The first-order valence-electron chi connectivity index (χ1n) is 7.09. The summed E-state index contributed by atoms with van der Waals surface area (Å²) in [6, 6.07) is 13.4. The molecule has 0 saturated carbocycles. The zero-order chi connectivity index (χ0) is 16.6. The molecule has 0 aliphatic heterocycles. The number of carbonyl (C=O) groups excluding carboxylic acids is 1. The van der Waals surface area contributed by atoms with E-state index in [9.17, 15) is 13.2 Å². The average molecular weight is 392 g/mol. The van der Waals surface area contributed by atoms with Gasteiger partial charge in [0.25, 0.3) is 10.0 Å². The number of Topliss-reactive ketones (excluding diaryl/α,β-unsaturated/α-hetero) is 1. The monoisotopic (exact) mass is 391 g/mol. The molecule has 0 bridgehead atoms. The number of aromatic nitrogens is 1. The Bertz CT molecular complexity index is 991. The Labute approximate surface area is 142 Å². The number of hydrogen-bond donors (Lipinski definition) is 0. The van der Waals surface area contributed by atoms with Gasteiger partial charge in [0, 0.05) is 28.0 Å². The Balaban J connectivity index is 2.33. The van der Waals surface area contributed by atoms with E-state index in [1.165, 1.54) is 10.2 Å². The van der Waals surface area contributed by atoms with Crippen LogP contribution in [-0.4, -0.2) is 18.2 Å². The first-order valence-corrected chi connectivity index (χ1v) is 9.33. The molecule has 0 atom stereocenters. The van der Waals surface area contributed by atoms with E-state index in [-0.39, 0.29) is 10.7 Å². The average Bonchev–Trinajstić information content (AvgIpc) is 2.94. The molecule has 4 nitrogen and oxygen atoms in total. The number of hydrogen-bond acceptors (Lipinski definition) is 3. The van der Waals surface area contributed by atoms with Gasteiger partial charge in [-0.15, -0.1) is 0 Å². The number of rotatable bonds is 4. The van der Waals surface area contributed by atoms with Crippen LogP contribution in [0.2, 0.25) is 0 Å². The summed E-state index contributed by atoms with van der Waals surface area (Å²) < 4.78 is 27.8. The highest BCUT2D eigenvalue weighted by atomic mass is 79.9. The Morgan fingerprint density at radius 3 is 2.48 bits per heavy atom. The molecule has 0 amide bonds. The highest BCUT2D eigenvalue weighted by Crippen LogP contribution is 2.29. The fourth-order valence-electron chi connectivity index (χ4n) is 2.49. The van der Waals surface area contributed by atoms with Crippen molar-refractivity contribution in [2.24, 2.45) is 0 Å². The maximum atomic E-state index is 12.9. The molecule has 6 heteroatoms. The van der Waals surface area contributed by atoms with E-state index >= 15 is 0 Å². The van der Waals surface area contributed by atoms with Gasteiger partial charge < -0.3 is 0 Å². The van der Waals surface area contributed by atoms with Gasteiger partial charge in [-0.05, 0) is 30.3 Å². The first kappa shape index (κ1) is 16.0. The zero-order valence-corrected chi connectivity index (χ0v) is 14.8. The smallest absolute Gasteiger partial charge is 0.268 e. The minimum Gasteiger partial charge on any atom is -0.294 e. The van der Waals surface area contributed by atoms with Crippen LogP contribution in [0.1, 0.15) is 23.7 Å². The Hall–Kier alpha value is -1.92. The molecule has 0 fully saturated rings. The van der Waals surface area contributed by atoms with Crippen LogP contribution in [0.25, 0.3) is 10.9 Å². The van der Waals surface area contributed by atoms with Gasteiger partial charge in [-0.3, -0.25) is 4.79 Å². The highest BCUT2D eigenvalue weighted by Gasteiger charge is 2.23. The third-order valence-corrected chi connectivity index (χ3v) is 5.84. The fourth-order valence-corrected chi connectivity index (χ4v) is 4.24. The zero-order valence-electron chi connectivity index (χ0n) is 12.4. The molecular formula is C17H14BrNO3S. The minimum absolute atomic E-state index is 0.0879. The minimum atomic E-state index is -3.75. The molecule has 0 spiro atoms. The van der Waals surface area contributed by atoms with Crippen molar-refractivity contribution in [3.8, 4) is 0 Å². The van der Waals surface area contributed by atoms with Crippen LogP contribution < -0.4 is 0 Å². The highest BCUT2D eigenvalue weighted by molar-refractivity contribution is 9.10. The second-order valence-corrected chi connectivity index (χ2v) is 7.83. The standard InChI is InChI=1S/C17H14BrNO3S/c1-2-17(20)15-11-19(16-9-8-12(18)10-14(15)16)23(21,22)13-6-4-3-5-7-13/h3-11H,2H2,1H3. The predicted molar refractivity (Wildman–Crippen MR) is 93.3 cm³/mol. The van der Waals surface area contributed by atoms with Crippen molar-refractivity contribution in [3.05, 3.63) is 64.8 Å². The number of ketones is 1. The molecule has 0 saturated heterocycles. The summed E-state index contributed by atoms with van der Waals surface area (Å²) in [6.07, 6.45) is 1.74. The summed E-state index contributed by atoms with van der Waals surface area (Å²) in [4.78, 5) is 12.4. The molecule has 3 rings (SSSR count). The first-order chi connectivity index (χ1) is 10.9. The summed E-state index contributed by atoms with van der Waals surface area (Å²) in [5, 5.41) is 0.630. The fraction of sp³-hybridized carbons (Fsp3) is 0.118. The van der Waals surface area contributed by atoms with Crippen molar-refractivity contribution in [1.29, 1.82) is 0 Å². The van der Waals surface area contributed by atoms with Gasteiger partial charge in [-0.25, -0.2) is 12.4 Å². The van der Waals surface area contributed by atoms with E-state index in [2.05, 4.69) is 15.9 Å². The second kappa shape index (κ2) is 5.94. The van der Waals surface area contributed by atoms with Gasteiger partial charge in [0.2, 0.25) is 0 Å². The van der Waals surface area contributed by atoms with Crippen LogP contribution in [0, 0.1) is 0 Å². The summed E-state index contributed by atoms with van der Waals surface area (Å²) in [5.74, 6) is -0.0879. The lowest BCUT2D eigenvalue weighted by Gasteiger charge is -2.07. The molecule has 23 heavy (non-hydrogen) atoms. The third-order valence-electron chi connectivity index (χ3n) is 3.65. The van der Waals surface area contributed by atoms with E-state index in [4.69, 9.17) is 0 Å². The van der Waals surface area contributed by atoms with E-state index in [0.717, 1.165) is 4.47 Å². The molecule has 2 aromatic carbocycles. The lowest BCUT2D eigenvalue weighted by atomic mass is 10.1. The maximum Gasteiger partial charge on any atom is 0.268 e. The Morgan fingerprint density at radius 1 is 1.13 bits per heavy atom. The van der Waals surface area contributed by atoms with Crippen LogP contribution >= 0.6 is 15.9 Å². The number of nitrogens with zero attached hydrogens (tertiary/aromatic N) is 1. The summed E-state index contributed by atoms with van der Waals surface area (Å²) >= 11 is 3.37. The molecule has 0 unspecified atom stereocenters. The summed E-state index contributed by atoms with van der Waals surface area (Å²) in [5.41, 5.74) is 0.914. The molecule has 0 N–H and O–H groups in total.